The summed E-state index contributed by atoms with van der Waals surface area (Å²) in [6.45, 7) is 0. The van der Waals surface area contributed by atoms with Gasteiger partial charge in [0.25, 0.3) is 0 Å². The monoisotopic (exact) mass is 414 g/mol. The molecule has 2 aromatic carbocycles. The molecule has 0 atom stereocenters. The molecule has 0 aliphatic carbocycles. The van der Waals surface area contributed by atoms with Crippen LogP contribution in [0.25, 0.3) is 11.3 Å². The lowest BCUT2D eigenvalue weighted by molar-refractivity contribution is -0.385. The van der Waals surface area contributed by atoms with Crippen molar-refractivity contribution in [2.24, 2.45) is 5.10 Å². The highest BCUT2D eigenvalue weighted by Crippen LogP contribution is 2.37. The maximum Gasteiger partial charge on any atom is 0.315 e. The van der Waals surface area contributed by atoms with Gasteiger partial charge in [-0.1, -0.05) is 12.1 Å². The zero-order valence-electron chi connectivity index (χ0n) is 15.9. The fraction of sp³-hybridized carbons (Fsp3) is 0.158. The first-order valence-corrected chi connectivity index (χ1v) is 9.23. The van der Waals surface area contributed by atoms with Gasteiger partial charge < -0.3 is 14.2 Å². The molecule has 0 amide bonds. The van der Waals surface area contributed by atoms with Gasteiger partial charge >= 0.3 is 5.69 Å². The lowest BCUT2D eigenvalue weighted by atomic mass is 10.2. The standard InChI is InChI=1S/C19H18N4O5S/c1-26-14-6-4-5-13(9-14)15-11-29-19(21-15)22-20-10-12-7-16(23(24)25)18(28-3)17(8-12)27-2/h4-11H,1-3H3,(H,21,22)/b20-10-. The van der Waals surface area contributed by atoms with Gasteiger partial charge in [-0.25, -0.2) is 4.98 Å². The predicted octanol–water partition coefficient (Wildman–Crippen LogP) is 4.19. The number of aromatic nitrogens is 1. The number of benzene rings is 2. The van der Waals surface area contributed by atoms with Gasteiger partial charge in [-0.3, -0.25) is 15.5 Å². The third-order valence-electron chi connectivity index (χ3n) is 3.92. The molecule has 0 fully saturated rings. The van der Waals surface area contributed by atoms with E-state index in [1.54, 1.807) is 13.2 Å². The van der Waals surface area contributed by atoms with Gasteiger partial charge in [0.05, 0.1) is 38.2 Å². The van der Waals surface area contributed by atoms with Gasteiger partial charge in [-0.05, 0) is 18.2 Å². The average molecular weight is 414 g/mol. The fourth-order valence-electron chi connectivity index (χ4n) is 2.58. The highest BCUT2D eigenvalue weighted by Gasteiger charge is 2.21. The number of nitrogens with zero attached hydrogens (tertiary/aromatic N) is 3. The van der Waals surface area contributed by atoms with Crippen molar-refractivity contribution < 1.29 is 19.1 Å². The Balaban J connectivity index is 1.77. The van der Waals surface area contributed by atoms with Crippen molar-refractivity contribution in [2.75, 3.05) is 26.8 Å². The van der Waals surface area contributed by atoms with Crippen LogP contribution in [-0.4, -0.2) is 37.5 Å². The van der Waals surface area contributed by atoms with Crippen LogP contribution in [0.5, 0.6) is 17.2 Å². The summed E-state index contributed by atoms with van der Waals surface area (Å²) in [4.78, 5) is 15.2. The number of nitrogens with one attached hydrogen (secondary N) is 1. The van der Waals surface area contributed by atoms with Crippen molar-refractivity contribution >= 4 is 28.4 Å². The van der Waals surface area contributed by atoms with E-state index in [2.05, 4.69) is 15.5 Å². The number of hydrogen-bond acceptors (Lipinski definition) is 9. The molecule has 0 aliphatic rings. The molecule has 3 rings (SSSR count). The van der Waals surface area contributed by atoms with E-state index in [1.807, 2.05) is 29.6 Å². The molecule has 10 heteroatoms. The Morgan fingerprint density at radius 2 is 2.00 bits per heavy atom. The Kier molecular flexibility index (Phi) is 6.25. The van der Waals surface area contributed by atoms with Gasteiger partial charge in [0.2, 0.25) is 10.9 Å². The van der Waals surface area contributed by atoms with Gasteiger partial charge in [-0.15, -0.1) is 11.3 Å². The highest BCUT2D eigenvalue weighted by atomic mass is 32.1. The number of nitro groups is 1. The van der Waals surface area contributed by atoms with E-state index >= 15 is 0 Å². The SMILES string of the molecule is COc1cccc(-c2csc(N/N=C\c3cc(OC)c(OC)c([N+](=O)[O-])c3)n2)c1. The lowest BCUT2D eigenvalue weighted by Crippen LogP contribution is -1.99. The van der Waals surface area contributed by atoms with E-state index in [9.17, 15) is 10.1 Å². The quantitative estimate of drug-likeness (QED) is 0.334. The van der Waals surface area contributed by atoms with Gasteiger partial charge in [0, 0.05) is 22.6 Å². The van der Waals surface area contributed by atoms with E-state index in [0.717, 1.165) is 17.0 Å². The number of methoxy groups -OCH3 is 3. The number of ether oxygens (including phenoxy) is 3. The largest absolute Gasteiger partial charge is 0.497 e. The third-order valence-corrected chi connectivity index (χ3v) is 4.67. The van der Waals surface area contributed by atoms with Crippen LogP contribution in [0.15, 0.2) is 46.9 Å². The Bertz CT molecular complexity index is 1050. The molecule has 1 N–H and O–H groups in total. The summed E-state index contributed by atoms with van der Waals surface area (Å²) in [5.41, 5.74) is 4.81. The predicted molar refractivity (Wildman–Crippen MR) is 112 cm³/mol. The molecule has 150 valence electrons. The van der Waals surface area contributed by atoms with Crippen molar-refractivity contribution in [3.05, 3.63) is 57.5 Å². The molecule has 0 radical (unpaired) electrons. The van der Waals surface area contributed by atoms with Crippen molar-refractivity contribution in [2.45, 2.75) is 0 Å². The second-order valence-corrected chi connectivity index (χ2v) is 6.53. The van der Waals surface area contributed by atoms with Crippen LogP contribution in [0.3, 0.4) is 0 Å². The minimum absolute atomic E-state index is 0.0606. The Morgan fingerprint density at radius 1 is 1.17 bits per heavy atom. The molecule has 0 aliphatic heterocycles. The Labute approximate surface area is 170 Å². The normalized spacial score (nSPS) is 10.7. The first-order chi connectivity index (χ1) is 14.0. The van der Waals surface area contributed by atoms with Crippen LogP contribution in [0.2, 0.25) is 0 Å². The molecule has 0 bridgehead atoms. The lowest BCUT2D eigenvalue weighted by Gasteiger charge is -2.08. The van der Waals surface area contributed by atoms with Crippen molar-refractivity contribution in [3.8, 4) is 28.5 Å². The minimum atomic E-state index is -0.534. The van der Waals surface area contributed by atoms with Crippen LogP contribution >= 0.6 is 11.3 Å². The summed E-state index contributed by atoms with van der Waals surface area (Å²) in [5, 5.41) is 17.9. The van der Waals surface area contributed by atoms with E-state index in [-0.39, 0.29) is 17.2 Å². The van der Waals surface area contributed by atoms with Crippen LogP contribution in [0.4, 0.5) is 10.8 Å². The van der Waals surface area contributed by atoms with E-state index in [1.165, 1.54) is 37.8 Å². The van der Waals surface area contributed by atoms with E-state index in [4.69, 9.17) is 14.2 Å². The third kappa shape index (κ3) is 4.61. The second-order valence-electron chi connectivity index (χ2n) is 5.67. The highest BCUT2D eigenvalue weighted by molar-refractivity contribution is 7.14. The molecule has 0 saturated carbocycles. The van der Waals surface area contributed by atoms with Crippen molar-refractivity contribution in [1.82, 2.24) is 4.98 Å². The van der Waals surface area contributed by atoms with Crippen LogP contribution < -0.4 is 19.6 Å². The van der Waals surface area contributed by atoms with Crippen LogP contribution in [-0.2, 0) is 0 Å². The number of rotatable bonds is 8. The van der Waals surface area contributed by atoms with Gasteiger partial charge in [-0.2, -0.15) is 5.10 Å². The second kappa shape index (κ2) is 9.02. The fourth-order valence-corrected chi connectivity index (χ4v) is 3.25. The smallest absolute Gasteiger partial charge is 0.315 e. The van der Waals surface area contributed by atoms with Gasteiger partial charge in [0.15, 0.2) is 5.75 Å². The van der Waals surface area contributed by atoms with Crippen molar-refractivity contribution in [1.29, 1.82) is 0 Å². The summed E-state index contributed by atoms with van der Waals surface area (Å²) in [5.74, 6) is 1.06. The molecule has 0 spiro atoms. The first-order valence-electron chi connectivity index (χ1n) is 8.35. The molecule has 9 nitrogen and oxygen atoms in total. The zero-order valence-corrected chi connectivity index (χ0v) is 16.7. The van der Waals surface area contributed by atoms with Gasteiger partial charge in [0.1, 0.15) is 5.75 Å². The molecule has 3 aromatic rings. The van der Waals surface area contributed by atoms with Crippen molar-refractivity contribution in [3.63, 3.8) is 0 Å². The Morgan fingerprint density at radius 3 is 2.69 bits per heavy atom. The van der Waals surface area contributed by atoms with E-state index in [0.29, 0.717) is 10.7 Å². The van der Waals surface area contributed by atoms with Crippen LogP contribution in [0, 0.1) is 10.1 Å². The number of anilines is 1. The Hall–Kier alpha value is -3.66. The first kappa shape index (κ1) is 20.1. The molecular formula is C19H18N4O5S. The summed E-state index contributed by atoms with van der Waals surface area (Å²) >= 11 is 1.39. The molecule has 29 heavy (non-hydrogen) atoms. The number of nitro benzene ring substituents is 1. The maximum absolute atomic E-state index is 11.3. The number of hydrazone groups is 1. The average Bonchev–Trinajstić information content (AvgIpc) is 3.22. The molecule has 1 aromatic heterocycles. The molecule has 0 unspecified atom stereocenters. The molecule has 1 heterocycles. The molecular weight excluding hydrogens is 396 g/mol. The summed E-state index contributed by atoms with van der Waals surface area (Å²) in [7, 11) is 4.37. The molecule has 0 saturated heterocycles. The maximum atomic E-state index is 11.3. The summed E-state index contributed by atoms with van der Waals surface area (Å²) < 4.78 is 15.5. The summed E-state index contributed by atoms with van der Waals surface area (Å²) in [6, 6.07) is 10.5. The summed E-state index contributed by atoms with van der Waals surface area (Å²) in [6.07, 6.45) is 1.45. The number of thiazole rings is 1. The number of hydrogen-bond donors (Lipinski definition) is 1. The van der Waals surface area contributed by atoms with Crippen LogP contribution in [0.1, 0.15) is 5.56 Å². The topological polar surface area (TPSA) is 108 Å². The minimum Gasteiger partial charge on any atom is -0.497 e. The van der Waals surface area contributed by atoms with E-state index < -0.39 is 4.92 Å². The zero-order chi connectivity index (χ0) is 20.8.